The molecule has 14 nitrogen and oxygen atoms in total. The lowest BCUT2D eigenvalue weighted by molar-refractivity contribution is -0.0925. The molecule has 8 rings (SSSR count). The zero-order valence-electron chi connectivity index (χ0n) is 32.4. The molecular weight excluding hydrogens is 796 g/mol. The van der Waals surface area contributed by atoms with Crippen LogP contribution >= 0.6 is 8.53 Å². The van der Waals surface area contributed by atoms with Crippen molar-refractivity contribution in [1.29, 1.82) is 5.26 Å². The van der Waals surface area contributed by atoms with Gasteiger partial charge in [0, 0.05) is 25.2 Å². The molecule has 1 N–H and O–H groups in total. The van der Waals surface area contributed by atoms with Gasteiger partial charge in [0.2, 0.25) is 0 Å². The van der Waals surface area contributed by atoms with Gasteiger partial charge in [-0.05, 0) is 65.9 Å². The summed E-state index contributed by atoms with van der Waals surface area (Å²) < 4.78 is 68.1. The summed E-state index contributed by atoms with van der Waals surface area (Å²) in [5.41, 5.74) is -0.661. The van der Waals surface area contributed by atoms with E-state index in [2.05, 4.69) is 9.65 Å². The van der Waals surface area contributed by atoms with Gasteiger partial charge in [0.1, 0.15) is 41.1 Å². The number of fused-ring (bicyclic) bond motifs is 1. The molecule has 0 amide bonds. The SMILES string of the molecule is COc1ccc(C(OC[C@H]2O[C@@H](n3c(=O)[nH]cc(C#N)c3=O)C[C@@H]2O[P@@]2O[C@H](CS(=O)(=O)c3ccccc3)[C@@H]3CCCN32)(c2ccccc2)c2ccc(OC)cc2)cc1. The third kappa shape index (κ3) is 7.97. The minimum Gasteiger partial charge on any atom is -0.497 e. The zero-order valence-corrected chi connectivity index (χ0v) is 34.1. The van der Waals surface area contributed by atoms with Gasteiger partial charge >= 0.3 is 5.69 Å². The second-order valence-electron chi connectivity index (χ2n) is 14.5. The summed E-state index contributed by atoms with van der Waals surface area (Å²) in [5, 5.41) is 9.65. The van der Waals surface area contributed by atoms with Gasteiger partial charge in [-0.15, -0.1) is 0 Å². The van der Waals surface area contributed by atoms with Crippen molar-refractivity contribution in [2.75, 3.05) is 33.1 Å². The van der Waals surface area contributed by atoms with Crippen LogP contribution in [0.2, 0.25) is 0 Å². The molecule has 3 saturated heterocycles. The first kappa shape index (κ1) is 40.6. The quantitative estimate of drug-likeness (QED) is 0.108. The number of nitrogens with one attached hydrogen (secondary N) is 1. The molecule has 0 aliphatic carbocycles. The number of nitriles is 1. The number of hydrogen-bond acceptors (Lipinski definition) is 12. The Morgan fingerprint density at radius 2 is 1.47 bits per heavy atom. The van der Waals surface area contributed by atoms with Gasteiger partial charge in [-0.2, -0.15) is 5.26 Å². The standard InChI is InChI=1S/C43H43N4O10PS/c1-52-33-19-15-31(16-20-33)43(30-10-5-3-6-11-30,32-17-21-34(53-2)22-18-32)54-27-38-37(24-40(55-38)47-41(48)29(25-44)26-45-42(47)49)56-58-46-23-9-14-36(46)39(57-58)28-59(50,51)35-12-7-4-8-13-35/h3-8,10-13,15-22,26,36-40H,9,14,23-24,27-28H2,1-2H3,(H,45,49)/t36-,37-,38+,39+,40+,58-/m0/s1. The number of aromatic amines is 1. The summed E-state index contributed by atoms with van der Waals surface area (Å²) in [4.78, 5) is 29.4. The van der Waals surface area contributed by atoms with E-state index in [-0.39, 0.29) is 35.3 Å². The molecule has 16 heteroatoms. The van der Waals surface area contributed by atoms with Crippen LogP contribution in [0.4, 0.5) is 0 Å². The Morgan fingerprint density at radius 1 is 0.864 bits per heavy atom. The van der Waals surface area contributed by atoms with E-state index in [0.29, 0.717) is 18.0 Å². The van der Waals surface area contributed by atoms with Gasteiger partial charge in [-0.3, -0.25) is 4.79 Å². The van der Waals surface area contributed by atoms with Gasteiger partial charge in [0.15, 0.2) is 9.84 Å². The Kier molecular flexibility index (Phi) is 11.8. The second kappa shape index (κ2) is 17.2. The van der Waals surface area contributed by atoms with Gasteiger partial charge in [0.25, 0.3) is 14.1 Å². The first-order valence-electron chi connectivity index (χ1n) is 19.2. The van der Waals surface area contributed by atoms with Crippen LogP contribution in [0.1, 0.15) is 47.7 Å². The van der Waals surface area contributed by atoms with Gasteiger partial charge in [0.05, 0.1) is 43.7 Å². The second-order valence-corrected chi connectivity index (χ2v) is 17.9. The summed E-state index contributed by atoms with van der Waals surface area (Å²) >= 11 is 0. The molecule has 4 aromatic carbocycles. The number of nitrogens with zero attached hydrogens (tertiary/aromatic N) is 3. The van der Waals surface area contributed by atoms with E-state index in [1.54, 1.807) is 44.6 Å². The summed E-state index contributed by atoms with van der Waals surface area (Å²) in [6.45, 7) is 0.545. The fourth-order valence-corrected chi connectivity index (χ4v) is 11.7. The molecule has 5 aromatic rings. The number of aromatic nitrogens is 2. The first-order chi connectivity index (χ1) is 28.6. The molecule has 0 unspecified atom stereocenters. The summed E-state index contributed by atoms with van der Waals surface area (Å²) in [6.07, 6.45) is -0.766. The molecule has 0 saturated carbocycles. The molecule has 3 fully saturated rings. The predicted molar refractivity (Wildman–Crippen MR) is 218 cm³/mol. The fourth-order valence-electron chi connectivity index (χ4n) is 8.12. The van der Waals surface area contributed by atoms with Crippen molar-refractivity contribution in [2.24, 2.45) is 0 Å². The van der Waals surface area contributed by atoms with Crippen LogP contribution in [-0.2, 0) is 34.0 Å². The van der Waals surface area contributed by atoms with Crippen LogP contribution in [0.5, 0.6) is 11.5 Å². The summed E-state index contributed by atoms with van der Waals surface area (Å²) in [5.74, 6) is 1.10. The van der Waals surface area contributed by atoms with Crippen LogP contribution in [0.3, 0.4) is 0 Å². The van der Waals surface area contributed by atoms with Crippen molar-refractivity contribution in [3.63, 3.8) is 0 Å². The average Bonchev–Trinajstić information content (AvgIpc) is 3.99. The molecule has 1 aromatic heterocycles. The molecule has 6 atom stereocenters. The zero-order chi connectivity index (χ0) is 41.1. The molecule has 4 heterocycles. The van der Waals surface area contributed by atoms with Crippen molar-refractivity contribution in [1.82, 2.24) is 14.2 Å². The Balaban J connectivity index is 1.16. The highest BCUT2D eigenvalue weighted by Gasteiger charge is 2.51. The van der Waals surface area contributed by atoms with E-state index in [4.69, 9.17) is 28.0 Å². The molecular formula is C43H43N4O10PS. The topological polar surface area (TPSA) is 171 Å². The number of sulfone groups is 1. The smallest absolute Gasteiger partial charge is 0.330 e. The Bertz CT molecular complexity index is 2470. The molecule has 0 spiro atoms. The number of benzene rings is 4. The fraction of sp³-hybridized carbons (Fsp3) is 0.326. The van der Waals surface area contributed by atoms with Crippen molar-refractivity contribution >= 4 is 18.4 Å². The monoisotopic (exact) mass is 838 g/mol. The maximum atomic E-state index is 13.5. The summed E-state index contributed by atoms with van der Waals surface area (Å²) in [6, 6.07) is 34.8. The maximum absolute atomic E-state index is 13.5. The number of hydrogen-bond donors (Lipinski definition) is 1. The minimum absolute atomic E-state index is 0.0307. The minimum atomic E-state index is -3.68. The normalized spacial score (nSPS) is 23.1. The highest BCUT2D eigenvalue weighted by atomic mass is 32.2. The van der Waals surface area contributed by atoms with E-state index < -0.39 is 59.8 Å². The van der Waals surface area contributed by atoms with E-state index in [1.165, 1.54) is 0 Å². The van der Waals surface area contributed by atoms with Crippen LogP contribution in [0, 0.1) is 11.3 Å². The lowest BCUT2D eigenvalue weighted by Gasteiger charge is -2.37. The third-order valence-corrected chi connectivity index (χ3v) is 14.7. The van der Waals surface area contributed by atoms with E-state index in [1.807, 2.05) is 84.9 Å². The van der Waals surface area contributed by atoms with Crippen molar-refractivity contribution in [2.45, 2.75) is 60.3 Å². The highest BCUT2D eigenvalue weighted by Crippen LogP contribution is 2.58. The van der Waals surface area contributed by atoms with Crippen molar-refractivity contribution in [3.05, 3.63) is 158 Å². The first-order valence-corrected chi connectivity index (χ1v) is 22.0. The number of methoxy groups -OCH3 is 2. The van der Waals surface area contributed by atoms with Crippen LogP contribution < -0.4 is 20.7 Å². The van der Waals surface area contributed by atoms with E-state index >= 15 is 0 Å². The third-order valence-electron chi connectivity index (χ3n) is 11.1. The lowest BCUT2D eigenvalue weighted by atomic mass is 9.80. The van der Waals surface area contributed by atoms with Crippen molar-refractivity contribution in [3.8, 4) is 17.6 Å². The van der Waals surface area contributed by atoms with E-state index in [9.17, 15) is 23.3 Å². The van der Waals surface area contributed by atoms with Crippen LogP contribution in [-0.4, -0.2) is 80.1 Å². The number of ether oxygens (including phenoxy) is 4. The van der Waals surface area contributed by atoms with Gasteiger partial charge in [-0.25, -0.2) is 22.4 Å². The Hall–Kier alpha value is -5.17. The van der Waals surface area contributed by atoms with Gasteiger partial charge < -0.3 is 33.0 Å². The predicted octanol–water partition coefficient (Wildman–Crippen LogP) is 5.67. The molecule has 0 bridgehead atoms. The van der Waals surface area contributed by atoms with Gasteiger partial charge in [-0.1, -0.05) is 72.8 Å². The summed E-state index contributed by atoms with van der Waals surface area (Å²) in [7, 11) is -2.28. The number of rotatable bonds is 14. The highest BCUT2D eigenvalue weighted by molar-refractivity contribution is 7.91. The largest absolute Gasteiger partial charge is 0.497 e. The van der Waals surface area contributed by atoms with Crippen molar-refractivity contribution < 1.29 is 36.4 Å². The molecule has 0 radical (unpaired) electrons. The average molecular weight is 839 g/mol. The van der Waals surface area contributed by atoms with Crippen LogP contribution in [0.15, 0.2) is 130 Å². The number of H-pyrrole nitrogens is 1. The maximum Gasteiger partial charge on any atom is 0.330 e. The molecule has 306 valence electrons. The molecule has 3 aliphatic rings. The molecule has 59 heavy (non-hydrogen) atoms. The Labute approximate surface area is 342 Å². The molecule has 3 aliphatic heterocycles. The van der Waals surface area contributed by atoms with Crippen LogP contribution in [0.25, 0.3) is 0 Å². The Morgan fingerprint density at radius 3 is 2.08 bits per heavy atom. The van der Waals surface area contributed by atoms with E-state index in [0.717, 1.165) is 40.3 Å². The lowest BCUT2D eigenvalue weighted by Crippen LogP contribution is -2.40.